The molecule has 0 aliphatic heterocycles. The molecule has 0 saturated carbocycles. The third-order valence-corrected chi connectivity index (χ3v) is 3.44. The van der Waals surface area contributed by atoms with Crippen LogP contribution in [0.25, 0.3) is 0 Å². The van der Waals surface area contributed by atoms with Crippen LogP contribution in [0.1, 0.15) is 40.0 Å². The summed E-state index contributed by atoms with van der Waals surface area (Å²) in [6.07, 6.45) is 2.44. The highest BCUT2D eigenvalue weighted by Crippen LogP contribution is 2.28. The standard InChI is InChI=1S/C15H17N3O/c1-9-6-10(2)8-11(7-9)16-15-14-12(17-18-15)4-3-5-13(14)19/h6-8H,3-5H2,1-2H3,(H2,16,17,18). The fourth-order valence-corrected chi connectivity index (χ4v) is 2.68. The molecule has 1 heterocycles. The number of aryl methyl sites for hydroxylation is 3. The molecule has 0 amide bonds. The number of H-pyrrole nitrogens is 1. The van der Waals surface area contributed by atoms with Gasteiger partial charge in [0.05, 0.1) is 5.56 Å². The number of aromatic nitrogens is 2. The Labute approximate surface area is 112 Å². The summed E-state index contributed by atoms with van der Waals surface area (Å²) in [6.45, 7) is 4.12. The average molecular weight is 255 g/mol. The maximum absolute atomic E-state index is 12.0. The summed E-state index contributed by atoms with van der Waals surface area (Å²) in [5.41, 5.74) is 5.06. The van der Waals surface area contributed by atoms with Gasteiger partial charge in [-0.25, -0.2) is 0 Å². The van der Waals surface area contributed by atoms with Crippen molar-refractivity contribution in [2.75, 3.05) is 5.32 Å². The first-order valence-electron chi connectivity index (χ1n) is 6.59. The summed E-state index contributed by atoms with van der Waals surface area (Å²) in [5, 5.41) is 10.5. The smallest absolute Gasteiger partial charge is 0.168 e. The predicted octanol–water partition coefficient (Wildman–Crippen LogP) is 3.29. The second-order valence-electron chi connectivity index (χ2n) is 5.20. The third-order valence-electron chi connectivity index (χ3n) is 3.44. The van der Waals surface area contributed by atoms with Gasteiger partial charge in [0, 0.05) is 17.8 Å². The van der Waals surface area contributed by atoms with E-state index >= 15 is 0 Å². The maximum atomic E-state index is 12.0. The van der Waals surface area contributed by atoms with Gasteiger partial charge in [-0.2, -0.15) is 5.10 Å². The number of rotatable bonds is 2. The van der Waals surface area contributed by atoms with Crippen LogP contribution in [0.15, 0.2) is 18.2 Å². The Hall–Kier alpha value is -2.10. The van der Waals surface area contributed by atoms with E-state index in [2.05, 4.69) is 47.6 Å². The maximum Gasteiger partial charge on any atom is 0.168 e. The molecular weight excluding hydrogens is 238 g/mol. The zero-order valence-corrected chi connectivity index (χ0v) is 11.2. The van der Waals surface area contributed by atoms with Crippen LogP contribution < -0.4 is 5.32 Å². The number of aromatic amines is 1. The summed E-state index contributed by atoms with van der Waals surface area (Å²) in [7, 11) is 0. The normalized spacial score (nSPS) is 14.3. The van der Waals surface area contributed by atoms with Crippen LogP contribution in [0, 0.1) is 13.8 Å². The van der Waals surface area contributed by atoms with Crippen LogP contribution in [-0.4, -0.2) is 16.0 Å². The quantitative estimate of drug-likeness (QED) is 0.865. The molecule has 4 nitrogen and oxygen atoms in total. The van der Waals surface area contributed by atoms with Crippen molar-refractivity contribution < 1.29 is 4.79 Å². The van der Waals surface area contributed by atoms with Crippen molar-refractivity contribution in [3.05, 3.63) is 40.6 Å². The molecule has 98 valence electrons. The molecule has 1 aliphatic rings. The molecule has 4 heteroatoms. The van der Waals surface area contributed by atoms with Crippen LogP contribution in [-0.2, 0) is 6.42 Å². The van der Waals surface area contributed by atoms with Crippen molar-refractivity contribution >= 4 is 17.3 Å². The molecule has 0 atom stereocenters. The number of ketones is 1. The minimum atomic E-state index is 0.182. The van der Waals surface area contributed by atoms with Crippen LogP contribution in [0.3, 0.4) is 0 Å². The van der Waals surface area contributed by atoms with Gasteiger partial charge in [0.25, 0.3) is 0 Å². The summed E-state index contributed by atoms with van der Waals surface area (Å²) >= 11 is 0. The van der Waals surface area contributed by atoms with Gasteiger partial charge >= 0.3 is 0 Å². The van der Waals surface area contributed by atoms with Crippen molar-refractivity contribution in [2.24, 2.45) is 0 Å². The van der Waals surface area contributed by atoms with Crippen LogP contribution in [0.5, 0.6) is 0 Å². The van der Waals surface area contributed by atoms with Gasteiger partial charge in [-0.1, -0.05) is 6.07 Å². The van der Waals surface area contributed by atoms with E-state index in [1.165, 1.54) is 11.1 Å². The number of hydrogen-bond donors (Lipinski definition) is 2. The largest absolute Gasteiger partial charge is 0.338 e. The van der Waals surface area contributed by atoms with Gasteiger partial charge in [-0.3, -0.25) is 9.89 Å². The van der Waals surface area contributed by atoms with Crippen molar-refractivity contribution in [3.63, 3.8) is 0 Å². The van der Waals surface area contributed by atoms with Gasteiger partial charge in [0.15, 0.2) is 11.6 Å². The Bertz CT molecular complexity index is 623. The van der Waals surface area contributed by atoms with Crippen molar-refractivity contribution in [3.8, 4) is 0 Å². The molecule has 1 aromatic carbocycles. The van der Waals surface area contributed by atoms with Crippen molar-refractivity contribution in [1.82, 2.24) is 10.2 Å². The molecule has 0 saturated heterocycles. The van der Waals surface area contributed by atoms with Crippen molar-refractivity contribution in [2.45, 2.75) is 33.1 Å². The van der Waals surface area contributed by atoms with Gasteiger partial charge in [-0.15, -0.1) is 0 Å². The van der Waals surface area contributed by atoms with E-state index in [1.807, 2.05) is 0 Å². The van der Waals surface area contributed by atoms with Gasteiger partial charge < -0.3 is 5.32 Å². The van der Waals surface area contributed by atoms with E-state index in [0.717, 1.165) is 29.8 Å². The molecule has 0 fully saturated rings. The number of Topliss-reactive ketones (excluding diaryl/α,β-unsaturated/α-hetero) is 1. The van der Waals surface area contributed by atoms with E-state index in [1.54, 1.807) is 0 Å². The fourth-order valence-electron chi connectivity index (χ4n) is 2.68. The number of nitrogens with one attached hydrogen (secondary N) is 2. The van der Waals surface area contributed by atoms with Crippen LogP contribution in [0.2, 0.25) is 0 Å². The molecule has 1 aliphatic carbocycles. The second kappa shape index (κ2) is 4.53. The minimum Gasteiger partial charge on any atom is -0.338 e. The van der Waals surface area contributed by atoms with Crippen LogP contribution in [0.4, 0.5) is 11.5 Å². The molecular formula is C15H17N3O. The number of benzene rings is 1. The van der Waals surface area contributed by atoms with Crippen LogP contribution >= 0.6 is 0 Å². The minimum absolute atomic E-state index is 0.182. The Morgan fingerprint density at radius 2 is 1.89 bits per heavy atom. The van der Waals surface area contributed by atoms with E-state index in [0.29, 0.717) is 12.2 Å². The lowest BCUT2D eigenvalue weighted by molar-refractivity contribution is 0.0973. The Balaban J connectivity index is 1.96. The summed E-state index contributed by atoms with van der Waals surface area (Å²) < 4.78 is 0. The molecule has 2 N–H and O–H groups in total. The second-order valence-corrected chi connectivity index (χ2v) is 5.20. The zero-order valence-electron chi connectivity index (χ0n) is 11.2. The number of carbonyl (C=O) groups is 1. The Morgan fingerprint density at radius 1 is 1.16 bits per heavy atom. The molecule has 19 heavy (non-hydrogen) atoms. The first-order valence-corrected chi connectivity index (χ1v) is 6.59. The molecule has 1 aromatic heterocycles. The fraction of sp³-hybridized carbons (Fsp3) is 0.333. The van der Waals surface area contributed by atoms with Gasteiger partial charge in [0.1, 0.15) is 0 Å². The first-order chi connectivity index (χ1) is 9.13. The SMILES string of the molecule is Cc1cc(C)cc(Nc2n[nH]c3c2C(=O)CCC3)c1. The lowest BCUT2D eigenvalue weighted by Crippen LogP contribution is -2.10. The molecule has 0 unspecified atom stereocenters. The average Bonchev–Trinajstić information content (AvgIpc) is 2.72. The number of nitrogens with zero attached hydrogens (tertiary/aromatic N) is 1. The van der Waals surface area contributed by atoms with E-state index in [9.17, 15) is 4.79 Å². The summed E-state index contributed by atoms with van der Waals surface area (Å²) in [6, 6.07) is 6.24. The number of carbonyl (C=O) groups excluding carboxylic acids is 1. The lowest BCUT2D eigenvalue weighted by atomic mass is 9.96. The summed E-state index contributed by atoms with van der Waals surface area (Å²) in [4.78, 5) is 12.0. The molecule has 0 radical (unpaired) electrons. The number of hydrogen-bond acceptors (Lipinski definition) is 3. The molecule has 0 spiro atoms. The molecule has 3 rings (SSSR count). The topological polar surface area (TPSA) is 57.8 Å². The zero-order chi connectivity index (χ0) is 13.4. The lowest BCUT2D eigenvalue weighted by Gasteiger charge is -2.11. The Kier molecular flexibility index (Phi) is 2.85. The van der Waals surface area contributed by atoms with Gasteiger partial charge in [0.2, 0.25) is 0 Å². The third kappa shape index (κ3) is 2.26. The number of fused-ring (bicyclic) bond motifs is 1. The molecule has 0 bridgehead atoms. The highest BCUT2D eigenvalue weighted by atomic mass is 16.1. The van der Waals surface area contributed by atoms with E-state index < -0.39 is 0 Å². The highest BCUT2D eigenvalue weighted by Gasteiger charge is 2.24. The molecule has 2 aromatic rings. The first kappa shape index (κ1) is 12.0. The van der Waals surface area contributed by atoms with E-state index in [4.69, 9.17) is 0 Å². The highest BCUT2D eigenvalue weighted by molar-refractivity contribution is 6.02. The predicted molar refractivity (Wildman–Crippen MR) is 75.1 cm³/mol. The Morgan fingerprint density at radius 3 is 2.63 bits per heavy atom. The van der Waals surface area contributed by atoms with Crippen molar-refractivity contribution in [1.29, 1.82) is 0 Å². The number of anilines is 2. The summed E-state index contributed by atoms with van der Waals surface area (Å²) in [5.74, 6) is 0.839. The van der Waals surface area contributed by atoms with Gasteiger partial charge in [-0.05, 0) is 49.9 Å². The van der Waals surface area contributed by atoms with E-state index in [-0.39, 0.29) is 5.78 Å². The monoisotopic (exact) mass is 255 g/mol.